The number of rotatable bonds is 1. The Morgan fingerprint density at radius 2 is 2.31 bits per heavy atom. The van der Waals surface area contributed by atoms with Crippen molar-refractivity contribution in [2.45, 2.75) is 6.92 Å². The van der Waals surface area contributed by atoms with Crippen LogP contribution in [0.5, 0.6) is 0 Å². The predicted molar refractivity (Wildman–Crippen MR) is 60.7 cm³/mol. The van der Waals surface area contributed by atoms with E-state index in [0.717, 1.165) is 30.4 Å². The van der Waals surface area contributed by atoms with E-state index in [9.17, 15) is 0 Å². The van der Waals surface area contributed by atoms with Crippen LogP contribution in [-0.2, 0) is 0 Å². The van der Waals surface area contributed by atoms with Gasteiger partial charge in [-0.25, -0.2) is 4.98 Å². The highest BCUT2D eigenvalue weighted by molar-refractivity contribution is 14.0. The standard InChI is InChI=1S/C8H11N3O.HI/c1-6-7(12-5-10-6)8-9-3-4-11(8)2;/h5H,3-4H2,1-2H3;1H. The van der Waals surface area contributed by atoms with E-state index in [1.807, 2.05) is 14.0 Å². The van der Waals surface area contributed by atoms with Gasteiger partial charge in [0.2, 0.25) is 0 Å². The third-order valence-corrected chi connectivity index (χ3v) is 2.01. The Morgan fingerprint density at radius 1 is 1.54 bits per heavy atom. The Kier molecular flexibility index (Phi) is 3.29. The molecule has 0 amide bonds. The Balaban J connectivity index is 0.000000845. The first kappa shape index (κ1) is 10.5. The fraction of sp³-hybridized carbons (Fsp3) is 0.500. The molecule has 1 aromatic heterocycles. The van der Waals surface area contributed by atoms with Crippen LogP contribution in [0.15, 0.2) is 15.8 Å². The van der Waals surface area contributed by atoms with Crippen LogP contribution in [-0.4, -0.2) is 35.9 Å². The molecule has 5 heteroatoms. The summed E-state index contributed by atoms with van der Waals surface area (Å²) in [6, 6.07) is 0. The highest BCUT2D eigenvalue weighted by Gasteiger charge is 2.19. The van der Waals surface area contributed by atoms with Crippen LogP contribution < -0.4 is 0 Å². The van der Waals surface area contributed by atoms with Crippen molar-refractivity contribution < 1.29 is 4.42 Å². The minimum atomic E-state index is 0. The summed E-state index contributed by atoms with van der Waals surface area (Å²) in [5, 5.41) is 0. The molecule has 1 aromatic rings. The van der Waals surface area contributed by atoms with Crippen LogP contribution in [0.4, 0.5) is 0 Å². The number of aliphatic imine (C=N–C) groups is 1. The van der Waals surface area contributed by atoms with Crippen LogP contribution in [0.25, 0.3) is 0 Å². The van der Waals surface area contributed by atoms with Gasteiger partial charge >= 0.3 is 0 Å². The fourth-order valence-electron chi connectivity index (χ4n) is 1.29. The van der Waals surface area contributed by atoms with E-state index in [0.29, 0.717) is 0 Å². The SMILES string of the molecule is Cc1ncoc1C1=NCCN1C.I. The number of aromatic nitrogens is 1. The minimum Gasteiger partial charge on any atom is -0.440 e. The lowest BCUT2D eigenvalue weighted by atomic mass is 10.3. The van der Waals surface area contributed by atoms with E-state index in [1.54, 1.807) is 0 Å². The van der Waals surface area contributed by atoms with Crippen molar-refractivity contribution >= 4 is 29.8 Å². The van der Waals surface area contributed by atoms with Gasteiger partial charge in [0.15, 0.2) is 18.0 Å². The zero-order chi connectivity index (χ0) is 8.55. The van der Waals surface area contributed by atoms with Gasteiger partial charge < -0.3 is 9.32 Å². The molecule has 0 aliphatic carbocycles. The molecule has 0 unspecified atom stereocenters. The molecule has 72 valence electrons. The third kappa shape index (κ3) is 1.84. The molecule has 0 spiro atoms. The Labute approximate surface area is 94.1 Å². The van der Waals surface area contributed by atoms with Crippen LogP contribution in [0.1, 0.15) is 11.5 Å². The van der Waals surface area contributed by atoms with Gasteiger partial charge in [0, 0.05) is 13.6 Å². The van der Waals surface area contributed by atoms with Crippen molar-refractivity contribution in [1.29, 1.82) is 0 Å². The van der Waals surface area contributed by atoms with E-state index >= 15 is 0 Å². The maximum Gasteiger partial charge on any atom is 0.192 e. The number of halogens is 1. The van der Waals surface area contributed by atoms with Gasteiger partial charge in [0.1, 0.15) is 0 Å². The molecule has 1 aliphatic rings. The summed E-state index contributed by atoms with van der Waals surface area (Å²) in [4.78, 5) is 10.4. The number of amidine groups is 1. The van der Waals surface area contributed by atoms with Gasteiger partial charge in [-0.2, -0.15) is 0 Å². The fourth-order valence-corrected chi connectivity index (χ4v) is 1.29. The summed E-state index contributed by atoms with van der Waals surface area (Å²) in [5.41, 5.74) is 0.905. The van der Waals surface area contributed by atoms with Crippen LogP contribution >= 0.6 is 24.0 Å². The molecule has 2 rings (SSSR count). The topological polar surface area (TPSA) is 41.6 Å². The number of likely N-dealkylation sites (N-methyl/N-ethyl adjacent to an activating group) is 1. The predicted octanol–water partition coefficient (Wildman–Crippen LogP) is 1.29. The molecule has 0 radical (unpaired) electrons. The minimum absolute atomic E-state index is 0. The van der Waals surface area contributed by atoms with E-state index in [-0.39, 0.29) is 24.0 Å². The van der Waals surface area contributed by atoms with Crippen molar-refractivity contribution in [3.8, 4) is 0 Å². The number of aryl methyl sites for hydroxylation is 1. The normalized spacial score (nSPS) is 15.5. The van der Waals surface area contributed by atoms with Crippen molar-refractivity contribution in [3.63, 3.8) is 0 Å². The largest absolute Gasteiger partial charge is 0.440 e. The summed E-state index contributed by atoms with van der Waals surface area (Å²) in [6.07, 6.45) is 1.46. The second-order valence-electron chi connectivity index (χ2n) is 2.89. The Morgan fingerprint density at radius 3 is 2.77 bits per heavy atom. The third-order valence-electron chi connectivity index (χ3n) is 2.01. The lowest BCUT2D eigenvalue weighted by Crippen LogP contribution is -2.23. The summed E-state index contributed by atoms with van der Waals surface area (Å²) in [6.45, 7) is 3.74. The highest BCUT2D eigenvalue weighted by Crippen LogP contribution is 2.12. The first-order valence-corrected chi connectivity index (χ1v) is 3.95. The quantitative estimate of drug-likeness (QED) is 0.733. The van der Waals surface area contributed by atoms with Gasteiger partial charge in [0.25, 0.3) is 0 Å². The molecular formula is C8H12IN3O. The monoisotopic (exact) mass is 293 g/mol. The highest BCUT2D eigenvalue weighted by atomic mass is 127. The van der Waals surface area contributed by atoms with Gasteiger partial charge in [-0.1, -0.05) is 0 Å². The average Bonchev–Trinajstić information content (AvgIpc) is 2.59. The molecule has 0 aromatic carbocycles. The van der Waals surface area contributed by atoms with Crippen molar-refractivity contribution in [1.82, 2.24) is 9.88 Å². The summed E-state index contributed by atoms with van der Waals surface area (Å²) in [5.74, 6) is 1.72. The zero-order valence-corrected chi connectivity index (χ0v) is 9.98. The lowest BCUT2D eigenvalue weighted by molar-refractivity contribution is 0.508. The van der Waals surface area contributed by atoms with Gasteiger partial charge in [-0.15, -0.1) is 24.0 Å². The van der Waals surface area contributed by atoms with Crippen LogP contribution in [0.3, 0.4) is 0 Å². The number of hydrogen-bond acceptors (Lipinski definition) is 4. The first-order chi connectivity index (χ1) is 5.79. The maximum absolute atomic E-state index is 5.24. The molecule has 0 saturated heterocycles. The van der Waals surface area contributed by atoms with Gasteiger partial charge in [-0.05, 0) is 6.92 Å². The maximum atomic E-state index is 5.24. The molecule has 13 heavy (non-hydrogen) atoms. The average molecular weight is 293 g/mol. The summed E-state index contributed by atoms with van der Waals surface area (Å²) >= 11 is 0. The van der Waals surface area contributed by atoms with Crippen molar-refractivity contribution in [2.75, 3.05) is 20.1 Å². The smallest absolute Gasteiger partial charge is 0.192 e. The van der Waals surface area contributed by atoms with E-state index < -0.39 is 0 Å². The lowest BCUT2D eigenvalue weighted by Gasteiger charge is -2.10. The van der Waals surface area contributed by atoms with Crippen LogP contribution in [0, 0.1) is 6.92 Å². The molecule has 0 N–H and O–H groups in total. The van der Waals surface area contributed by atoms with Crippen molar-refractivity contribution in [3.05, 3.63) is 17.8 Å². The Bertz CT molecular complexity index is 321. The Hall–Kier alpha value is -0.590. The molecule has 2 heterocycles. The molecular weight excluding hydrogens is 281 g/mol. The van der Waals surface area contributed by atoms with Crippen LogP contribution in [0.2, 0.25) is 0 Å². The second kappa shape index (κ2) is 4.08. The summed E-state index contributed by atoms with van der Waals surface area (Å²) < 4.78 is 5.24. The number of nitrogens with zero attached hydrogens (tertiary/aromatic N) is 3. The first-order valence-electron chi connectivity index (χ1n) is 3.95. The summed E-state index contributed by atoms with van der Waals surface area (Å²) in [7, 11) is 2.01. The number of oxazole rings is 1. The molecule has 0 saturated carbocycles. The van der Waals surface area contributed by atoms with E-state index in [1.165, 1.54) is 6.39 Å². The molecule has 0 fully saturated rings. The zero-order valence-electron chi connectivity index (χ0n) is 7.65. The molecule has 4 nitrogen and oxygen atoms in total. The second-order valence-corrected chi connectivity index (χ2v) is 2.89. The number of hydrogen-bond donors (Lipinski definition) is 0. The van der Waals surface area contributed by atoms with E-state index in [2.05, 4.69) is 14.9 Å². The van der Waals surface area contributed by atoms with Gasteiger partial charge in [-0.3, -0.25) is 4.99 Å². The van der Waals surface area contributed by atoms with E-state index in [4.69, 9.17) is 4.42 Å². The molecule has 0 atom stereocenters. The van der Waals surface area contributed by atoms with Crippen molar-refractivity contribution in [2.24, 2.45) is 4.99 Å². The molecule has 0 bridgehead atoms. The van der Waals surface area contributed by atoms with Gasteiger partial charge in [0.05, 0.1) is 12.2 Å². The molecule has 1 aliphatic heterocycles.